The number of hydrogen-bond acceptors (Lipinski definition) is 6. The molecule has 28 heavy (non-hydrogen) atoms. The molecule has 0 radical (unpaired) electrons. The molecular formula is C21H20N2O5. The fraction of sp³-hybridized carbons (Fsp3) is 0.238. The molecule has 7 nitrogen and oxygen atoms in total. The van der Waals surface area contributed by atoms with E-state index in [4.69, 9.17) is 9.47 Å². The molecule has 0 saturated heterocycles. The number of nitrogens with zero attached hydrogens (tertiary/aromatic N) is 2. The van der Waals surface area contributed by atoms with Gasteiger partial charge in [0.25, 0.3) is 5.69 Å². The molecule has 0 amide bonds. The summed E-state index contributed by atoms with van der Waals surface area (Å²) >= 11 is 0. The third-order valence-electron chi connectivity index (χ3n) is 4.22. The molecule has 0 atom stereocenters. The number of carbonyl (C=O) groups is 1. The number of benzene rings is 2. The number of nitro benzene ring substituents is 1. The highest BCUT2D eigenvalue weighted by Crippen LogP contribution is 2.24. The Bertz CT molecular complexity index is 961. The molecule has 0 unspecified atom stereocenters. The van der Waals surface area contributed by atoms with Crippen molar-refractivity contribution in [1.29, 1.82) is 0 Å². The van der Waals surface area contributed by atoms with Crippen LogP contribution in [0.4, 0.5) is 5.69 Å². The molecule has 3 rings (SSSR count). The first-order valence-corrected chi connectivity index (χ1v) is 8.98. The lowest BCUT2D eigenvalue weighted by molar-refractivity contribution is -0.385. The molecule has 2 aromatic carbocycles. The molecule has 0 spiro atoms. The molecular weight excluding hydrogens is 360 g/mol. The number of hydrogen-bond donors (Lipinski definition) is 0. The van der Waals surface area contributed by atoms with Crippen molar-refractivity contribution in [2.24, 2.45) is 4.99 Å². The van der Waals surface area contributed by atoms with Gasteiger partial charge in [0.2, 0.25) is 5.90 Å². The molecule has 144 valence electrons. The maximum absolute atomic E-state index is 12.1. The van der Waals surface area contributed by atoms with Crippen molar-refractivity contribution in [2.75, 3.05) is 6.61 Å². The molecule has 0 fully saturated rings. The van der Waals surface area contributed by atoms with E-state index in [9.17, 15) is 14.9 Å². The van der Waals surface area contributed by atoms with E-state index < -0.39 is 10.9 Å². The number of ether oxygens (including phenoxy) is 2. The Kier molecular flexibility index (Phi) is 5.84. The van der Waals surface area contributed by atoms with Gasteiger partial charge in [-0.15, -0.1) is 0 Å². The predicted octanol–water partition coefficient (Wildman–Crippen LogP) is 4.43. The van der Waals surface area contributed by atoms with Gasteiger partial charge in [-0.3, -0.25) is 10.1 Å². The van der Waals surface area contributed by atoms with Crippen LogP contribution in [0.15, 0.2) is 53.2 Å². The van der Waals surface area contributed by atoms with Gasteiger partial charge in [0.1, 0.15) is 5.75 Å². The van der Waals surface area contributed by atoms with Crippen LogP contribution in [0.25, 0.3) is 6.08 Å². The summed E-state index contributed by atoms with van der Waals surface area (Å²) in [5, 5.41) is 11.1. The summed E-state index contributed by atoms with van der Waals surface area (Å²) in [6, 6.07) is 11.9. The topological polar surface area (TPSA) is 91.0 Å². The lowest BCUT2D eigenvalue weighted by atomic mass is 10.1. The standard InChI is InChI=1S/C21H20N2O5/c1-3-4-11-27-17-9-6-15(7-10-17)12-18-21(24)28-20(22-18)16-8-5-14(2)19(13-16)23(25)26/h5-10,12-13H,3-4,11H2,1-2H3/b18-12+. The second-order valence-corrected chi connectivity index (χ2v) is 6.37. The van der Waals surface area contributed by atoms with Gasteiger partial charge in [-0.1, -0.05) is 31.5 Å². The smallest absolute Gasteiger partial charge is 0.363 e. The normalized spacial score (nSPS) is 14.7. The summed E-state index contributed by atoms with van der Waals surface area (Å²) < 4.78 is 10.8. The molecule has 0 aromatic heterocycles. The lowest BCUT2D eigenvalue weighted by Gasteiger charge is -2.05. The maximum atomic E-state index is 12.1. The van der Waals surface area contributed by atoms with Crippen LogP contribution in [0.3, 0.4) is 0 Å². The van der Waals surface area contributed by atoms with Gasteiger partial charge in [-0.2, -0.15) is 0 Å². The van der Waals surface area contributed by atoms with Crippen LogP contribution in [0.2, 0.25) is 0 Å². The van der Waals surface area contributed by atoms with Gasteiger partial charge < -0.3 is 9.47 Å². The van der Waals surface area contributed by atoms with E-state index in [2.05, 4.69) is 11.9 Å². The Morgan fingerprint density at radius 3 is 2.64 bits per heavy atom. The number of unbranched alkanes of at least 4 members (excludes halogenated alkanes) is 1. The zero-order valence-corrected chi connectivity index (χ0v) is 15.7. The minimum absolute atomic E-state index is 0.0488. The molecule has 0 bridgehead atoms. The lowest BCUT2D eigenvalue weighted by Crippen LogP contribution is -2.06. The van der Waals surface area contributed by atoms with Crippen LogP contribution in [-0.4, -0.2) is 23.4 Å². The third kappa shape index (κ3) is 4.43. The van der Waals surface area contributed by atoms with Crippen LogP contribution >= 0.6 is 0 Å². The fourth-order valence-corrected chi connectivity index (χ4v) is 2.62. The summed E-state index contributed by atoms with van der Waals surface area (Å²) in [5.41, 5.74) is 1.77. The van der Waals surface area contributed by atoms with Gasteiger partial charge in [-0.25, -0.2) is 9.79 Å². The van der Waals surface area contributed by atoms with Crippen LogP contribution in [0, 0.1) is 17.0 Å². The van der Waals surface area contributed by atoms with Gasteiger partial charge in [0, 0.05) is 17.2 Å². The monoisotopic (exact) mass is 380 g/mol. The summed E-state index contributed by atoms with van der Waals surface area (Å²) in [6.07, 6.45) is 3.66. The van der Waals surface area contributed by atoms with Crippen LogP contribution < -0.4 is 4.74 Å². The van der Waals surface area contributed by atoms with Crippen LogP contribution in [0.1, 0.15) is 36.5 Å². The zero-order valence-electron chi connectivity index (χ0n) is 15.7. The van der Waals surface area contributed by atoms with Crippen molar-refractivity contribution in [3.8, 4) is 5.75 Å². The van der Waals surface area contributed by atoms with Crippen LogP contribution in [0.5, 0.6) is 5.75 Å². The number of nitro groups is 1. The van der Waals surface area contributed by atoms with Crippen molar-refractivity contribution in [2.45, 2.75) is 26.7 Å². The van der Waals surface area contributed by atoms with Crippen molar-refractivity contribution in [1.82, 2.24) is 0 Å². The number of esters is 1. The number of carbonyl (C=O) groups excluding carboxylic acids is 1. The Balaban J connectivity index is 1.80. The predicted molar refractivity (Wildman–Crippen MR) is 105 cm³/mol. The fourth-order valence-electron chi connectivity index (χ4n) is 2.62. The van der Waals surface area contributed by atoms with Crippen molar-refractivity contribution < 1.29 is 19.2 Å². The Hall–Kier alpha value is -3.48. The van der Waals surface area contributed by atoms with Gasteiger partial charge in [0.15, 0.2) is 5.70 Å². The van der Waals surface area contributed by atoms with Gasteiger partial charge >= 0.3 is 5.97 Å². The SMILES string of the molecule is CCCCOc1ccc(/C=C2/N=C(c3ccc(C)c([N+](=O)[O-])c3)OC2=O)cc1. The average Bonchev–Trinajstić information content (AvgIpc) is 3.04. The number of cyclic esters (lactones) is 1. The van der Waals surface area contributed by atoms with Crippen molar-refractivity contribution >= 4 is 23.6 Å². The van der Waals surface area contributed by atoms with E-state index in [0.717, 1.165) is 24.2 Å². The summed E-state index contributed by atoms with van der Waals surface area (Å²) in [7, 11) is 0. The van der Waals surface area contributed by atoms with E-state index in [-0.39, 0.29) is 17.3 Å². The summed E-state index contributed by atoms with van der Waals surface area (Å²) in [6.45, 7) is 4.41. The third-order valence-corrected chi connectivity index (χ3v) is 4.22. The highest BCUT2D eigenvalue weighted by Gasteiger charge is 2.25. The first-order valence-electron chi connectivity index (χ1n) is 8.98. The highest BCUT2D eigenvalue weighted by molar-refractivity contribution is 6.13. The first kappa shape index (κ1) is 19.3. The second kappa shape index (κ2) is 8.47. The Morgan fingerprint density at radius 2 is 1.96 bits per heavy atom. The molecule has 7 heteroatoms. The maximum Gasteiger partial charge on any atom is 0.363 e. The van der Waals surface area contributed by atoms with E-state index in [0.29, 0.717) is 17.7 Å². The molecule has 2 aromatic rings. The molecule has 1 aliphatic rings. The number of rotatable bonds is 7. The van der Waals surface area contributed by atoms with Crippen molar-refractivity contribution in [3.63, 3.8) is 0 Å². The first-order chi connectivity index (χ1) is 13.5. The molecule has 0 aliphatic carbocycles. The van der Waals surface area contributed by atoms with E-state index in [1.807, 2.05) is 24.3 Å². The molecule has 1 aliphatic heterocycles. The largest absolute Gasteiger partial charge is 0.494 e. The van der Waals surface area contributed by atoms with E-state index in [1.165, 1.54) is 6.07 Å². The van der Waals surface area contributed by atoms with E-state index >= 15 is 0 Å². The molecule has 0 N–H and O–H groups in total. The Morgan fingerprint density at radius 1 is 1.21 bits per heavy atom. The Labute approximate surface area is 162 Å². The van der Waals surface area contributed by atoms with E-state index in [1.54, 1.807) is 25.1 Å². The number of aliphatic imine (C=N–C) groups is 1. The van der Waals surface area contributed by atoms with Crippen LogP contribution in [-0.2, 0) is 9.53 Å². The zero-order chi connectivity index (χ0) is 20.1. The average molecular weight is 380 g/mol. The van der Waals surface area contributed by atoms with Gasteiger partial charge in [-0.05, 0) is 43.2 Å². The number of aryl methyl sites for hydroxylation is 1. The summed E-state index contributed by atoms with van der Waals surface area (Å²) in [4.78, 5) is 27.0. The highest BCUT2D eigenvalue weighted by atomic mass is 16.6. The minimum atomic E-state index is -0.596. The minimum Gasteiger partial charge on any atom is -0.494 e. The van der Waals surface area contributed by atoms with Gasteiger partial charge in [0.05, 0.1) is 11.5 Å². The molecule has 1 heterocycles. The summed E-state index contributed by atoms with van der Waals surface area (Å²) in [5.74, 6) is 0.223. The van der Waals surface area contributed by atoms with Crippen molar-refractivity contribution in [3.05, 3.63) is 75.0 Å². The second-order valence-electron chi connectivity index (χ2n) is 6.37. The quantitative estimate of drug-likeness (QED) is 0.233. The molecule has 0 saturated carbocycles.